The Bertz CT molecular complexity index is 527. The Hall–Kier alpha value is -1.20. The summed E-state index contributed by atoms with van der Waals surface area (Å²) in [4.78, 5) is 12.3. The Morgan fingerprint density at radius 1 is 1.38 bits per heavy atom. The van der Waals surface area contributed by atoms with Crippen LogP contribution in [0.1, 0.15) is 26.0 Å². The molecule has 0 aromatic carbocycles. The molecule has 6 heteroatoms. The molecule has 0 saturated carbocycles. The average molecular weight is 239 g/mol. The summed E-state index contributed by atoms with van der Waals surface area (Å²) in [6.45, 7) is 2.07. The van der Waals surface area contributed by atoms with E-state index in [1.807, 2.05) is 4.57 Å². The Balaban J connectivity index is 2.08. The highest BCUT2D eigenvalue weighted by Gasteiger charge is 2.25. The van der Waals surface area contributed by atoms with E-state index in [4.69, 9.17) is 16.3 Å². The third kappa shape index (κ3) is 1.47. The van der Waals surface area contributed by atoms with Crippen LogP contribution < -0.4 is 0 Å². The fourth-order valence-corrected chi connectivity index (χ4v) is 2.20. The molecule has 0 bridgehead atoms. The minimum absolute atomic E-state index is 0.0194. The van der Waals surface area contributed by atoms with Gasteiger partial charge >= 0.3 is 0 Å². The summed E-state index contributed by atoms with van der Waals surface area (Å²) < 4.78 is 7.70. The first-order valence-corrected chi connectivity index (χ1v) is 5.62. The molecule has 2 atom stereocenters. The van der Waals surface area contributed by atoms with E-state index in [2.05, 4.69) is 21.9 Å². The number of hydrogen-bond acceptors (Lipinski definition) is 4. The van der Waals surface area contributed by atoms with Crippen LogP contribution in [-0.4, -0.2) is 25.6 Å². The zero-order chi connectivity index (χ0) is 11.1. The summed E-state index contributed by atoms with van der Waals surface area (Å²) >= 11 is 5.94. The smallest absolute Gasteiger partial charge is 0.166 e. The molecule has 0 unspecified atom stereocenters. The van der Waals surface area contributed by atoms with E-state index in [0.717, 1.165) is 18.5 Å². The molecule has 2 aromatic heterocycles. The van der Waals surface area contributed by atoms with Crippen molar-refractivity contribution in [3.63, 3.8) is 0 Å². The van der Waals surface area contributed by atoms with Crippen LogP contribution in [0.15, 0.2) is 12.7 Å². The minimum Gasteiger partial charge on any atom is -0.355 e. The molecule has 16 heavy (non-hydrogen) atoms. The zero-order valence-corrected chi connectivity index (χ0v) is 9.55. The van der Waals surface area contributed by atoms with Crippen molar-refractivity contribution in [1.29, 1.82) is 0 Å². The van der Waals surface area contributed by atoms with Crippen LogP contribution in [0.3, 0.4) is 0 Å². The second kappa shape index (κ2) is 3.68. The van der Waals surface area contributed by atoms with Crippen molar-refractivity contribution in [1.82, 2.24) is 19.5 Å². The lowest BCUT2D eigenvalue weighted by Crippen LogP contribution is -2.08. The molecule has 1 aliphatic rings. The maximum Gasteiger partial charge on any atom is 0.166 e. The first kappa shape index (κ1) is 9.99. The highest BCUT2D eigenvalue weighted by Crippen LogP contribution is 2.30. The molecule has 1 saturated heterocycles. The van der Waals surface area contributed by atoms with Crippen LogP contribution in [0.2, 0.25) is 5.15 Å². The first-order chi connectivity index (χ1) is 7.75. The van der Waals surface area contributed by atoms with Crippen molar-refractivity contribution in [3.05, 3.63) is 17.8 Å². The summed E-state index contributed by atoms with van der Waals surface area (Å²) in [5.74, 6) is 0. The van der Waals surface area contributed by atoms with Crippen molar-refractivity contribution in [2.75, 3.05) is 0 Å². The predicted molar refractivity (Wildman–Crippen MR) is 59.2 cm³/mol. The predicted octanol–water partition coefficient (Wildman–Crippen LogP) is 2.18. The van der Waals surface area contributed by atoms with Crippen LogP contribution >= 0.6 is 11.6 Å². The average Bonchev–Trinajstić information content (AvgIpc) is 2.84. The van der Waals surface area contributed by atoms with Crippen molar-refractivity contribution >= 4 is 22.8 Å². The summed E-state index contributed by atoms with van der Waals surface area (Å²) in [7, 11) is 0. The van der Waals surface area contributed by atoms with Crippen molar-refractivity contribution in [2.24, 2.45) is 0 Å². The lowest BCUT2D eigenvalue weighted by Gasteiger charge is -2.12. The fourth-order valence-electron chi connectivity index (χ4n) is 2.02. The second-order valence-electron chi connectivity index (χ2n) is 3.97. The van der Waals surface area contributed by atoms with Gasteiger partial charge in [-0.1, -0.05) is 11.6 Å². The second-order valence-corrected chi connectivity index (χ2v) is 4.33. The number of aromatic nitrogens is 4. The third-order valence-corrected chi connectivity index (χ3v) is 3.11. The van der Waals surface area contributed by atoms with E-state index in [9.17, 15) is 0 Å². The van der Waals surface area contributed by atoms with Gasteiger partial charge in [-0.2, -0.15) is 0 Å². The molecule has 3 rings (SSSR count). The molecule has 3 heterocycles. The van der Waals surface area contributed by atoms with Gasteiger partial charge in [-0.05, 0) is 19.8 Å². The molecule has 0 amide bonds. The molecule has 1 fully saturated rings. The largest absolute Gasteiger partial charge is 0.355 e. The zero-order valence-electron chi connectivity index (χ0n) is 8.80. The van der Waals surface area contributed by atoms with Gasteiger partial charge in [-0.15, -0.1) is 0 Å². The molecule has 84 valence electrons. The lowest BCUT2D eigenvalue weighted by atomic mass is 10.2. The Morgan fingerprint density at radius 2 is 2.25 bits per heavy atom. The van der Waals surface area contributed by atoms with E-state index >= 15 is 0 Å². The Morgan fingerprint density at radius 3 is 3.00 bits per heavy atom. The number of hydrogen-bond donors (Lipinski definition) is 0. The molecule has 0 radical (unpaired) electrons. The number of rotatable bonds is 1. The monoisotopic (exact) mass is 238 g/mol. The van der Waals surface area contributed by atoms with Gasteiger partial charge in [0.05, 0.1) is 12.4 Å². The van der Waals surface area contributed by atoms with Gasteiger partial charge in [0.2, 0.25) is 0 Å². The first-order valence-electron chi connectivity index (χ1n) is 5.24. The standard InChI is InChI=1S/C10H11ClN4O/c1-6-2-3-7(16-6)15-5-14-8-9(11)12-4-13-10(8)15/h4-7H,2-3H2,1H3/t6-,7-/m0/s1. The van der Waals surface area contributed by atoms with Gasteiger partial charge in [-0.25, -0.2) is 15.0 Å². The quantitative estimate of drug-likeness (QED) is 0.715. The van der Waals surface area contributed by atoms with E-state index in [1.165, 1.54) is 6.33 Å². The maximum atomic E-state index is 5.94. The summed E-state index contributed by atoms with van der Waals surface area (Å²) in [6.07, 6.45) is 5.51. The molecule has 0 aliphatic carbocycles. The van der Waals surface area contributed by atoms with Gasteiger partial charge < -0.3 is 4.74 Å². The lowest BCUT2D eigenvalue weighted by molar-refractivity contribution is 0.0131. The van der Waals surface area contributed by atoms with Crippen molar-refractivity contribution in [2.45, 2.75) is 32.1 Å². The molecule has 5 nitrogen and oxygen atoms in total. The molecule has 1 aliphatic heterocycles. The maximum absolute atomic E-state index is 5.94. The topological polar surface area (TPSA) is 52.8 Å². The summed E-state index contributed by atoms with van der Waals surface area (Å²) in [5.41, 5.74) is 1.37. The molecule has 0 N–H and O–H groups in total. The molecular weight excluding hydrogens is 228 g/mol. The van der Waals surface area contributed by atoms with Crippen LogP contribution in [0.25, 0.3) is 11.2 Å². The fraction of sp³-hybridized carbons (Fsp3) is 0.500. The number of ether oxygens (including phenoxy) is 1. The SMILES string of the molecule is C[C@H]1CC[C@@H](n2cnc3c(Cl)ncnc32)O1. The van der Waals surface area contributed by atoms with Gasteiger partial charge in [0.25, 0.3) is 0 Å². The number of fused-ring (bicyclic) bond motifs is 1. The third-order valence-electron chi connectivity index (χ3n) is 2.83. The van der Waals surface area contributed by atoms with Crippen LogP contribution in [0, 0.1) is 0 Å². The van der Waals surface area contributed by atoms with Crippen LogP contribution in [0.4, 0.5) is 0 Å². The summed E-state index contributed by atoms with van der Waals surface area (Å²) in [6, 6.07) is 0. The van der Waals surface area contributed by atoms with Crippen LogP contribution in [-0.2, 0) is 4.74 Å². The normalized spacial score (nSPS) is 25.4. The number of imidazole rings is 1. The van der Waals surface area contributed by atoms with E-state index < -0.39 is 0 Å². The highest BCUT2D eigenvalue weighted by molar-refractivity contribution is 6.33. The van der Waals surface area contributed by atoms with Gasteiger partial charge in [0.15, 0.2) is 10.8 Å². The highest BCUT2D eigenvalue weighted by atomic mass is 35.5. The molecular formula is C10H11ClN4O. The number of nitrogens with zero attached hydrogens (tertiary/aromatic N) is 4. The van der Waals surface area contributed by atoms with E-state index in [-0.39, 0.29) is 6.23 Å². The summed E-state index contributed by atoms with van der Waals surface area (Å²) in [5, 5.41) is 0.384. The van der Waals surface area contributed by atoms with Gasteiger partial charge in [-0.3, -0.25) is 4.57 Å². The molecule has 2 aromatic rings. The van der Waals surface area contributed by atoms with Gasteiger partial charge in [0, 0.05) is 0 Å². The number of halogens is 1. The molecule has 0 spiro atoms. The van der Waals surface area contributed by atoms with E-state index in [1.54, 1.807) is 6.33 Å². The van der Waals surface area contributed by atoms with Crippen molar-refractivity contribution < 1.29 is 4.74 Å². The van der Waals surface area contributed by atoms with E-state index in [0.29, 0.717) is 16.8 Å². The van der Waals surface area contributed by atoms with Crippen LogP contribution in [0.5, 0.6) is 0 Å². The Labute approximate surface area is 97.4 Å². The van der Waals surface area contributed by atoms with Gasteiger partial charge in [0.1, 0.15) is 18.1 Å². The van der Waals surface area contributed by atoms with Crippen molar-refractivity contribution in [3.8, 4) is 0 Å². The minimum atomic E-state index is 0.0194. The Kier molecular flexibility index (Phi) is 2.29.